The first-order chi connectivity index (χ1) is 8.97. The number of benzene rings is 1. The lowest BCUT2D eigenvalue weighted by molar-refractivity contribution is 0.600. The summed E-state index contributed by atoms with van der Waals surface area (Å²) in [4.78, 5) is 4.56. The number of anilines is 1. The largest absolute Gasteiger partial charge is 0.349 e. The molecule has 102 valence electrons. The number of aryl methyl sites for hydroxylation is 1. The number of nitrogens with zero attached hydrogens (tertiary/aromatic N) is 2. The number of halogens is 1. The molecule has 4 heteroatoms. The Hall–Kier alpha value is -1.29. The maximum Gasteiger partial charge on any atom is 0.203 e. The molecule has 0 aliphatic carbocycles. The van der Waals surface area contributed by atoms with Crippen LogP contribution in [-0.2, 0) is 0 Å². The number of hydrogen-bond donors (Lipinski definition) is 1. The number of rotatable bonds is 4. The molecule has 19 heavy (non-hydrogen) atoms. The molecule has 2 rings (SSSR count). The third-order valence-electron chi connectivity index (χ3n) is 3.12. The topological polar surface area (TPSA) is 29.9 Å². The van der Waals surface area contributed by atoms with E-state index in [1.54, 1.807) is 0 Å². The van der Waals surface area contributed by atoms with Crippen molar-refractivity contribution in [1.82, 2.24) is 9.55 Å². The van der Waals surface area contributed by atoms with Crippen molar-refractivity contribution in [2.24, 2.45) is 0 Å². The van der Waals surface area contributed by atoms with Gasteiger partial charge in [-0.05, 0) is 45.4 Å². The van der Waals surface area contributed by atoms with E-state index in [-0.39, 0.29) is 6.04 Å². The van der Waals surface area contributed by atoms with Gasteiger partial charge in [0.25, 0.3) is 0 Å². The van der Waals surface area contributed by atoms with Gasteiger partial charge in [-0.15, -0.1) is 0 Å². The van der Waals surface area contributed by atoms with Crippen molar-refractivity contribution in [3.05, 3.63) is 46.2 Å². The average molecular weight is 322 g/mol. The van der Waals surface area contributed by atoms with E-state index in [2.05, 4.69) is 82.0 Å². The fraction of sp³-hybridized carbons (Fsp3) is 0.400. The third-order valence-corrected chi connectivity index (χ3v) is 3.65. The molecule has 1 atom stereocenters. The van der Waals surface area contributed by atoms with Gasteiger partial charge in [0.2, 0.25) is 5.95 Å². The molecule has 0 saturated heterocycles. The third kappa shape index (κ3) is 3.38. The van der Waals surface area contributed by atoms with Crippen LogP contribution in [0, 0.1) is 6.92 Å². The summed E-state index contributed by atoms with van der Waals surface area (Å²) in [5, 5.41) is 3.48. The van der Waals surface area contributed by atoms with Crippen LogP contribution in [0.5, 0.6) is 0 Å². The Morgan fingerprint density at radius 1 is 1.16 bits per heavy atom. The predicted octanol–water partition coefficient (Wildman–Crippen LogP) is 4.71. The summed E-state index contributed by atoms with van der Waals surface area (Å²) in [5.41, 5.74) is 2.29. The smallest absolute Gasteiger partial charge is 0.203 e. The van der Waals surface area contributed by atoms with Crippen LogP contribution in [0.25, 0.3) is 0 Å². The molecular weight excluding hydrogens is 302 g/mol. The highest BCUT2D eigenvalue weighted by molar-refractivity contribution is 9.10. The van der Waals surface area contributed by atoms with E-state index < -0.39 is 0 Å². The Bertz CT molecular complexity index is 543. The van der Waals surface area contributed by atoms with Crippen molar-refractivity contribution < 1.29 is 0 Å². The summed E-state index contributed by atoms with van der Waals surface area (Å²) in [5.74, 6) is 0.933. The second-order valence-electron chi connectivity index (χ2n) is 5.12. The van der Waals surface area contributed by atoms with Gasteiger partial charge in [-0.25, -0.2) is 4.98 Å². The molecule has 1 unspecified atom stereocenters. The molecule has 0 aliphatic heterocycles. The normalized spacial score (nSPS) is 12.7. The average Bonchev–Trinajstić information content (AvgIpc) is 2.71. The highest BCUT2D eigenvalue weighted by atomic mass is 79.9. The van der Waals surface area contributed by atoms with Gasteiger partial charge in [0.05, 0.1) is 11.7 Å². The summed E-state index contributed by atoms with van der Waals surface area (Å²) in [7, 11) is 0. The van der Waals surface area contributed by atoms with Crippen LogP contribution in [0.2, 0.25) is 0 Å². The van der Waals surface area contributed by atoms with Crippen LogP contribution < -0.4 is 5.32 Å². The van der Waals surface area contributed by atoms with Crippen molar-refractivity contribution in [2.75, 3.05) is 5.32 Å². The molecule has 0 saturated carbocycles. The van der Waals surface area contributed by atoms with E-state index in [1.165, 1.54) is 5.56 Å². The van der Waals surface area contributed by atoms with E-state index in [1.807, 2.05) is 6.92 Å². The molecule has 1 N–H and O–H groups in total. The Morgan fingerprint density at radius 2 is 1.79 bits per heavy atom. The Morgan fingerprint density at radius 3 is 2.37 bits per heavy atom. The lowest BCUT2D eigenvalue weighted by Gasteiger charge is -2.18. The van der Waals surface area contributed by atoms with Crippen LogP contribution in [0.1, 0.15) is 44.1 Å². The molecule has 0 aliphatic rings. The first-order valence-electron chi connectivity index (χ1n) is 6.55. The Labute approximate surface area is 123 Å². The van der Waals surface area contributed by atoms with Crippen molar-refractivity contribution in [1.29, 1.82) is 0 Å². The van der Waals surface area contributed by atoms with Gasteiger partial charge in [-0.1, -0.05) is 28.1 Å². The number of aromatic nitrogens is 2. The van der Waals surface area contributed by atoms with Crippen LogP contribution in [0.4, 0.5) is 5.95 Å². The molecule has 3 nitrogen and oxygen atoms in total. The van der Waals surface area contributed by atoms with Crippen LogP contribution in [0.15, 0.2) is 34.9 Å². The molecule has 2 aromatic rings. The Balaban J connectivity index is 2.18. The van der Waals surface area contributed by atoms with Gasteiger partial charge in [0, 0.05) is 16.7 Å². The molecular formula is C15H20BrN3. The van der Waals surface area contributed by atoms with Crippen molar-refractivity contribution in [2.45, 2.75) is 39.8 Å². The van der Waals surface area contributed by atoms with E-state index in [0.717, 1.165) is 16.1 Å². The molecule has 1 aromatic heterocycles. The molecule has 0 radical (unpaired) electrons. The van der Waals surface area contributed by atoms with Gasteiger partial charge >= 0.3 is 0 Å². The SMILES string of the molecule is Cc1cn(C(C)C)c(NC(C)c2ccc(Br)cc2)n1. The number of nitrogens with one attached hydrogen (secondary N) is 1. The summed E-state index contributed by atoms with van der Waals surface area (Å²) >= 11 is 3.46. The van der Waals surface area contributed by atoms with Gasteiger partial charge in [0.15, 0.2) is 0 Å². The highest BCUT2D eigenvalue weighted by Crippen LogP contribution is 2.22. The van der Waals surface area contributed by atoms with Gasteiger partial charge in [-0.3, -0.25) is 0 Å². The molecule has 0 spiro atoms. The minimum atomic E-state index is 0.229. The zero-order chi connectivity index (χ0) is 14.0. The second kappa shape index (κ2) is 5.78. The molecule has 1 aromatic carbocycles. The van der Waals surface area contributed by atoms with E-state index in [0.29, 0.717) is 6.04 Å². The summed E-state index contributed by atoms with van der Waals surface area (Å²) < 4.78 is 3.27. The molecule has 1 heterocycles. The van der Waals surface area contributed by atoms with E-state index in [9.17, 15) is 0 Å². The maximum absolute atomic E-state index is 4.56. The zero-order valence-electron chi connectivity index (χ0n) is 11.8. The number of imidazole rings is 1. The molecule has 0 amide bonds. The highest BCUT2D eigenvalue weighted by Gasteiger charge is 2.12. The summed E-state index contributed by atoms with van der Waals surface area (Å²) in [6, 6.07) is 9.00. The monoisotopic (exact) mass is 321 g/mol. The number of hydrogen-bond acceptors (Lipinski definition) is 2. The molecule has 0 fully saturated rings. The standard InChI is InChI=1S/C15H20BrN3/c1-10(2)19-9-11(3)17-15(19)18-12(4)13-5-7-14(16)8-6-13/h5-10,12H,1-4H3,(H,17,18). The van der Waals surface area contributed by atoms with E-state index in [4.69, 9.17) is 0 Å². The first-order valence-corrected chi connectivity index (χ1v) is 7.34. The zero-order valence-corrected chi connectivity index (χ0v) is 13.4. The van der Waals surface area contributed by atoms with Gasteiger partial charge in [0.1, 0.15) is 0 Å². The quantitative estimate of drug-likeness (QED) is 0.883. The minimum Gasteiger partial charge on any atom is -0.349 e. The first kappa shape index (κ1) is 14.1. The van der Waals surface area contributed by atoms with Crippen molar-refractivity contribution in [3.63, 3.8) is 0 Å². The second-order valence-corrected chi connectivity index (χ2v) is 6.04. The van der Waals surface area contributed by atoms with Crippen LogP contribution in [-0.4, -0.2) is 9.55 Å². The maximum atomic E-state index is 4.56. The van der Waals surface area contributed by atoms with Crippen LogP contribution >= 0.6 is 15.9 Å². The van der Waals surface area contributed by atoms with Crippen molar-refractivity contribution >= 4 is 21.9 Å². The fourth-order valence-corrected chi connectivity index (χ4v) is 2.31. The summed E-state index contributed by atoms with van der Waals surface area (Å²) in [6.45, 7) is 8.50. The summed E-state index contributed by atoms with van der Waals surface area (Å²) in [6.07, 6.45) is 2.08. The van der Waals surface area contributed by atoms with Gasteiger partial charge in [-0.2, -0.15) is 0 Å². The van der Waals surface area contributed by atoms with Gasteiger partial charge < -0.3 is 9.88 Å². The fourth-order valence-electron chi connectivity index (χ4n) is 2.04. The van der Waals surface area contributed by atoms with E-state index >= 15 is 0 Å². The minimum absolute atomic E-state index is 0.229. The molecule has 0 bridgehead atoms. The van der Waals surface area contributed by atoms with Crippen LogP contribution in [0.3, 0.4) is 0 Å². The lowest BCUT2D eigenvalue weighted by atomic mass is 10.1. The lowest BCUT2D eigenvalue weighted by Crippen LogP contribution is -2.12. The van der Waals surface area contributed by atoms with Crippen molar-refractivity contribution in [3.8, 4) is 0 Å². The predicted molar refractivity (Wildman–Crippen MR) is 83.5 cm³/mol. The Kier molecular flexibility index (Phi) is 4.30.